The van der Waals surface area contributed by atoms with E-state index in [2.05, 4.69) is 10.00 Å². The van der Waals surface area contributed by atoms with Gasteiger partial charge in [0.15, 0.2) is 0 Å². The maximum atomic E-state index is 10.5. The van der Waals surface area contributed by atoms with Gasteiger partial charge in [-0.1, -0.05) is 6.92 Å². The minimum absolute atomic E-state index is 0.190. The number of carbonyl (C=O) groups is 1. The fourth-order valence-corrected chi connectivity index (χ4v) is 1.52. The number of aliphatic carboxylic acids is 1. The van der Waals surface area contributed by atoms with Gasteiger partial charge in [0.2, 0.25) is 0 Å². The van der Waals surface area contributed by atoms with Gasteiger partial charge in [-0.2, -0.15) is 5.10 Å². The molecule has 5 heteroatoms. The van der Waals surface area contributed by atoms with Crippen LogP contribution < -0.4 is 0 Å². The lowest BCUT2D eigenvalue weighted by Crippen LogP contribution is -2.25. The first kappa shape index (κ1) is 12.7. The van der Waals surface area contributed by atoms with Crippen molar-refractivity contribution in [1.82, 2.24) is 14.7 Å². The maximum absolute atomic E-state index is 10.5. The molecule has 0 atom stereocenters. The summed E-state index contributed by atoms with van der Waals surface area (Å²) < 4.78 is 1.88. The number of carboxylic acid groups (broad SMARTS) is 1. The molecule has 0 bridgehead atoms. The lowest BCUT2D eigenvalue weighted by molar-refractivity contribution is -0.137. The first-order valence-corrected chi connectivity index (χ1v) is 5.61. The highest BCUT2D eigenvalue weighted by Gasteiger charge is 2.07. The predicted molar refractivity (Wildman–Crippen MR) is 61.1 cm³/mol. The Kier molecular flexibility index (Phi) is 4.98. The molecule has 1 N–H and O–H groups in total. The van der Waals surface area contributed by atoms with Gasteiger partial charge in [0.1, 0.15) is 0 Å². The topological polar surface area (TPSA) is 58.4 Å². The number of carboxylic acids is 1. The van der Waals surface area contributed by atoms with Crippen molar-refractivity contribution in [2.24, 2.45) is 0 Å². The Morgan fingerprint density at radius 3 is 2.81 bits per heavy atom. The van der Waals surface area contributed by atoms with Gasteiger partial charge in [0.25, 0.3) is 0 Å². The molecule has 0 aliphatic rings. The van der Waals surface area contributed by atoms with Crippen molar-refractivity contribution in [3.05, 3.63) is 18.0 Å². The summed E-state index contributed by atoms with van der Waals surface area (Å²) in [5.74, 6) is -0.747. The van der Waals surface area contributed by atoms with E-state index in [-0.39, 0.29) is 6.42 Å². The van der Waals surface area contributed by atoms with Gasteiger partial charge >= 0.3 is 5.97 Å². The molecule has 0 radical (unpaired) electrons. The zero-order valence-corrected chi connectivity index (χ0v) is 9.89. The molecule has 1 aromatic heterocycles. The lowest BCUT2D eigenvalue weighted by atomic mass is 10.3. The largest absolute Gasteiger partial charge is 0.481 e. The molecule has 1 rings (SSSR count). The molecule has 0 saturated heterocycles. The van der Waals surface area contributed by atoms with E-state index in [1.165, 1.54) is 0 Å². The van der Waals surface area contributed by atoms with Crippen molar-refractivity contribution in [2.45, 2.75) is 33.4 Å². The van der Waals surface area contributed by atoms with Crippen LogP contribution in [0.1, 0.15) is 25.8 Å². The number of nitrogens with zero attached hydrogens (tertiary/aromatic N) is 3. The van der Waals surface area contributed by atoms with E-state index in [1.54, 1.807) is 0 Å². The van der Waals surface area contributed by atoms with Gasteiger partial charge in [-0.3, -0.25) is 14.4 Å². The summed E-state index contributed by atoms with van der Waals surface area (Å²) in [6.07, 6.45) is 4.03. The minimum atomic E-state index is -0.747. The van der Waals surface area contributed by atoms with Gasteiger partial charge in [-0.15, -0.1) is 0 Å². The highest BCUT2D eigenvalue weighted by Crippen LogP contribution is 2.04. The molecule has 0 saturated carbocycles. The summed E-state index contributed by atoms with van der Waals surface area (Å²) in [7, 11) is 0. The van der Waals surface area contributed by atoms with E-state index in [1.807, 2.05) is 30.9 Å². The molecule has 1 heterocycles. The molecule has 0 aliphatic carbocycles. The molecule has 1 aromatic rings. The van der Waals surface area contributed by atoms with Gasteiger partial charge in [0.05, 0.1) is 12.6 Å². The lowest BCUT2D eigenvalue weighted by Gasteiger charge is -2.18. The fourth-order valence-electron chi connectivity index (χ4n) is 1.52. The molecule has 16 heavy (non-hydrogen) atoms. The van der Waals surface area contributed by atoms with Gasteiger partial charge < -0.3 is 5.11 Å². The third-order valence-electron chi connectivity index (χ3n) is 2.51. The van der Waals surface area contributed by atoms with E-state index >= 15 is 0 Å². The summed E-state index contributed by atoms with van der Waals surface area (Å²) >= 11 is 0. The van der Waals surface area contributed by atoms with Gasteiger partial charge in [-0.25, -0.2) is 0 Å². The number of hydrogen-bond donors (Lipinski definition) is 1. The minimum Gasteiger partial charge on any atom is -0.481 e. The molecule has 0 aromatic carbocycles. The van der Waals surface area contributed by atoms with Crippen LogP contribution in [0.25, 0.3) is 0 Å². The normalized spacial score (nSPS) is 10.9. The Bertz CT molecular complexity index is 336. The summed E-state index contributed by atoms with van der Waals surface area (Å²) in [4.78, 5) is 12.6. The third kappa shape index (κ3) is 4.02. The molecule has 0 aliphatic heterocycles. The Hall–Kier alpha value is -1.36. The van der Waals surface area contributed by atoms with Crippen LogP contribution in [0.3, 0.4) is 0 Å². The quantitative estimate of drug-likeness (QED) is 0.757. The van der Waals surface area contributed by atoms with Crippen LogP contribution in [0, 0.1) is 0 Å². The van der Waals surface area contributed by atoms with E-state index < -0.39 is 5.97 Å². The summed E-state index contributed by atoms with van der Waals surface area (Å²) in [5.41, 5.74) is 1.13. The fraction of sp³-hybridized carbons (Fsp3) is 0.636. The molecule has 0 amide bonds. The van der Waals surface area contributed by atoms with Crippen molar-refractivity contribution in [1.29, 1.82) is 0 Å². The summed E-state index contributed by atoms with van der Waals surface area (Å²) in [5, 5.41) is 12.8. The Labute approximate surface area is 95.7 Å². The molecule has 5 nitrogen and oxygen atoms in total. The first-order chi connectivity index (χ1) is 7.65. The molecule has 0 fully saturated rings. The van der Waals surface area contributed by atoms with Crippen molar-refractivity contribution >= 4 is 5.97 Å². The molecule has 0 spiro atoms. The van der Waals surface area contributed by atoms with E-state index in [4.69, 9.17) is 5.11 Å². The molecule has 0 unspecified atom stereocenters. The average molecular weight is 225 g/mol. The SMILES string of the molecule is CCN(CCC(=O)O)Cc1cnn(CC)c1. The van der Waals surface area contributed by atoms with Crippen LogP contribution in [0.15, 0.2) is 12.4 Å². The maximum Gasteiger partial charge on any atom is 0.304 e. The average Bonchev–Trinajstić information content (AvgIpc) is 2.71. The Balaban J connectivity index is 2.45. The third-order valence-corrected chi connectivity index (χ3v) is 2.51. The molecular weight excluding hydrogens is 206 g/mol. The van der Waals surface area contributed by atoms with Crippen LogP contribution in [-0.4, -0.2) is 38.8 Å². The van der Waals surface area contributed by atoms with Crippen LogP contribution in [-0.2, 0) is 17.9 Å². The second kappa shape index (κ2) is 6.27. The predicted octanol–water partition coefficient (Wildman–Crippen LogP) is 1.20. The van der Waals surface area contributed by atoms with E-state index in [9.17, 15) is 4.79 Å². The van der Waals surface area contributed by atoms with Crippen LogP contribution >= 0.6 is 0 Å². The van der Waals surface area contributed by atoms with Crippen LogP contribution in [0.5, 0.6) is 0 Å². The van der Waals surface area contributed by atoms with Gasteiger partial charge in [-0.05, 0) is 13.5 Å². The summed E-state index contributed by atoms with van der Waals surface area (Å²) in [6.45, 7) is 7.14. The number of hydrogen-bond acceptors (Lipinski definition) is 3. The number of aryl methyl sites for hydroxylation is 1. The van der Waals surface area contributed by atoms with Crippen LogP contribution in [0.4, 0.5) is 0 Å². The highest BCUT2D eigenvalue weighted by molar-refractivity contribution is 5.66. The van der Waals surface area contributed by atoms with E-state index in [0.29, 0.717) is 6.54 Å². The number of aromatic nitrogens is 2. The highest BCUT2D eigenvalue weighted by atomic mass is 16.4. The van der Waals surface area contributed by atoms with Crippen molar-refractivity contribution in [3.8, 4) is 0 Å². The van der Waals surface area contributed by atoms with Crippen molar-refractivity contribution in [3.63, 3.8) is 0 Å². The second-order valence-corrected chi connectivity index (χ2v) is 3.72. The zero-order chi connectivity index (χ0) is 12.0. The van der Waals surface area contributed by atoms with Gasteiger partial charge in [0, 0.05) is 31.4 Å². The monoisotopic (exact) mass is 225 g/mol. The zero-order valence-electron chi connectivity index (χ0n) is 9.89. The first-order valence-electron chi connectivity index (χ1n) is 5.61. The Morgan fingerprint density at radius 1 is 1.56 bits per heavy atom. The van der Waals surface area contributed by atoms with Crippen molar-refractivity contribution in [2.75, 3.05) is 13.1 Å². The smallest absolute Gasteiger partial charge is 0.304 e. The summed E-state index contributed by atoms with van der Waals surface area (Å²) in [6, 6.07) is 0. The van der Waals surface area contributed by atoms with E-state index in [0.717, 1.165) is 25.2 Å². The standard InChI is InChI=1S/C11H19N3O2/c1-3-13(6-5-11(15)16)8-10-7-12-14(4-2)9-10/h7,9H,3-6,8H2,1-2H3,(H,15,16). The molecular formula is C11H19N3O2. The van der Waals surface area contributed by atoms with Crippen molar-refractivity contribution < 1.29 is 9.90 Å². The number of rotatable bonds is 7. The van der Waals surface area contributed by atoms with Crippen LogP contribution in [0.2, 0.25) is 0 Å². The molecule has 90 valence electrons. The second-order valence-electron chi connectivity index (χ2n) is 3.72. The Morgan fingerprint density at radius 2 is 2.31 bits per heavy atom.